The van der Waals surface area contributed by atoms with Crippen molar-refractivity contribution in [1.82, 2.24) is 4.98 Å². The second-order valence-electron chi connectivity index (χ2n) is 7.43. The number of pyridine rings is 1. The lowest BCUT2D eigenvalue weighted by atomic mass is 9.99. The van der Waals surface area contributed by atoms with Crippen molar-refractivity contribution in [3.63, 3.8) is 0 Å². The summed E-state index contributed by atoms with van der Waals surface area (Å²) in [5, 5.41) is 3.56. The Bertz CT molecular complexity index is 1460. The molecule has 0 bridgehead atoms. The number of nitrogens with one attached hydrogen (secondary N) is 1. The van der Waals surface area contributed by atoms with Crippen molar-refractivity contribution in [2.75, 3.05) is 11.9 Å². The van der Waals surface area contributed by atoms with Gasteiger partial charge in [-0.25, -0.2) is 9.78 Å². The van der Waals surface area contributed by atoms with Gasteiger partial charge in [0.1, 0.15) is 9.71 Å². The lowest BCUT2D eigenvalue weighted by Gasteiger charge is -2.11. The Morgan fingerprint density at radius 3 is 2.32 bits per heavy atom. The average molecular weight is 469 g/mol. The predicted molar refractivity (Wildman–Crippen MR) is 133 cm³/mol. The first-order chi connectivity index (χ1) is 16.7. The molecule has 34 heavy (non-hydrogen) atoms. The molecule has 168 valence electrons. The number of carbonyl (C=O) groups excluding carboxylic acids is 2. The second-order valence-corrected chi connectivity index (χ2v) is 8.42. The van der Waals surface area contributed by atoms with Gasteiger partial charge >= 0.3 is 5.97 Å². The van der Waals surface area contributed by atoms with Gasteiger partial charge in [0.15, 0.2) is 5.76 Å². The van der Waals surface area contributed by atoms with Crippen molar-refractivity contribution in [3.8, 4) is 22.4 Å². The largest absolute Gasteiger partial charge is 0.462 e. The normalized spacial score (nSPS) is 10.9. The van der Waals surface area contributed by atoms with Crippen LogP contribution in [-0.4, -0.2) is 23.5 Å². The maximum atomic E-state index is 12.9. The topological polar surface area (TPSA) is 81.4 Å². The third kappa shape index (κ3) is 4.09. The molecular weight excluding hydrogens is 448 g/mol. The molecule has 6 nitrogen and oxygen atoms in total. The molecule has 1 amide bonds. The zero-order valence-electron chi connectivity index (χ0n) is 18.3. The number of rotatable bonds is 6. The summed E-state index contributed by atoms with van der Waals surface area (Å²) in [6.07, 6.45) is 1.43. The first-order valence-electron chi connectivity index (χ1n) is 10.8. The van der Waals surface area contributed by atoms with E-state index in [1.165, 1.54) is 17.6 Å². The van der Waals surface area contributed by atoms with Crippen molar-refractivity contribution in [2.24, 2.45) is 0 Å². The van der Waals surface area contributed by atoms with E-state index in [2.05, 4.69) is 5.32 Å². The lowest BCUT2D eigenvalue weighted by Crippen LogP contribution is -2.14. The number of hydrogen-bond donors (Lipinski definition) is 1. The summed E-state index contributed by atoms with van der Waals surface area (Å²) in [6, 6.07) is 24.8. The number of anilines is 1. The molecule has 0 spiro atoms. The summed E-state index contributed by atoms with van der Waals surface area (Å²) in [6.45, 7) is 1.96. The van der Waals surface area contributed by atoms with Crippen LogP contribution in [0.5, 0.6) is 0 Å². The summed E-state index contributed by atoms with van der Waals surface area (Å²) >= 11 is 1.20. The van der Waals surface area contributed by atoms with Gasteiger partial charge in [-0.15, -0.1) is 11.3 Å². The fourth-order valence-electron chi connectivity index (χ4n) is 3.74. The van der Waals surface area contributed by atoms with Gasteiger partial charge in [0.25, 0.3) is 5.91 Å². The number of amides is 1. The predicted octanol–water partition coefficient (Wildman–Crippen LogP) is 6.65. The van der Waals surface area contributed by atoms with Gasteiger partial charge in [0.05, 0.1) is 24.3 Å². The van der Waals surface area contributed by atoms with Gasteiger partial charge in [-0.1, -0.05) is 60.7 Å². The zero-order chi connectivity index (χ0) is 23.5. The molecule has 7 heteroatoms. The highest BCUT2D eigenvalue weighted by atomic mass is 32.1. The van der Waals surface area contributed by atoms with Gasteiger partial charge in [-0.05, 0) is 36.2 Å². The first-order valence-corrected chi connectivity index (χ1v) is 11.6. The molecule has 0 aliphatic carbocycles. The Morgan fingerprint density at radius 2 is 1.68 bits per heavy atom. The number of hydrogen-bond acceptors (Lipinski definition) is 6. The van der Waals surface area contributed by atoms with E-state index in [4.69, 9.17) is 14.1 Å². The molecule has 5 aromatic rings. The second kappa shape index (κ2) is 9.33. The van der Waals surface area contributed by atoms with Gasteiger partial charge in [-0.2, -0.15) is 0 Å². The zero-order valence-corrected chi connectivity index (χ0v) is 19.1. The molecule has 3 heterocycles. The van der Waals surface area contributed by atoms with E-state index in [-0.39, 0.29) is 17.2 Å². The molecule has 2 aromatic carbocycles. The van der Waals surface area contributed by atoms with Gasteiger partial charge < -0.3 is 14.5 Å². The summed E-state index contributed by atoms with van der Waals surface area (Å²) < 4.78 is 10.6. The minimum absolute atomic E-state index is 0.143. The van der Waals surface area contributed by atoms with Crippen molar-refractivity contribution in [3.05, 3.63) is 95.8 Å². The minimum Gasteiger partial charge on any atom is -0.462 e. The molecule has 0 unspecified atom stereocenters. The number of carbonyl (C=O) groups is 2. The van der Waals surface area contributed by atoms with Crippen LogP contribution in [0, 0.1) is 0 Å². The van der Waals surface area contributed by atoms with Gasteiger partial charge in [0, 0.05) is 10.9 Å². The Kier molecular flexibility index (Phi) is 5.93. The van der Waals surface area contributed by atoms with E-state index in [1.54, 1.807) is 19.1 Å². The van der Waals surface area contributed by atoms with Crippen LogP contribution in [0.3, 0.4) is 0 Å². The number of thiophene rings is 1. The van der Waals surface area contributed by atoms with Crippen LogP contribution in [-0.2, 0) is 4.74 Å². The SMILES string of the molecule is CCOC(=O)c1sc2nc(-c3ccccc3)cc(-c3ccccc3)c2c1NC(=O)c1ccco1. The van der Waals surface area contributed by atoms with Crippen LogP contribution < -0.4 is 5.32 Å². The molecule has 5 rings (SSSR count). The fraction of sp³-hybridized carbons (Fsp3) is 0.0741. The summed E-state index contributed by atoms with van der Waals surface area (Å²) in [4.78, 5) is 31.6. The number of esters is 1. The van der Waals surface area contributed by atoms with Crippen LogP contribution >= 0.6 is 11.3 Å². The molecule has 0 saturated carbocycles. The molecule has 0 fully saturated rings. The molecule has 3 aromatic heterocycles. The Balaban J connectivity index is 1.78. The van der Waals surface area contributed by atoms with E-state index >= 15 is 0 Å². The van der Waals surface area contributed by atoms with E-state index in [0.29, 0.717) is 15.9 Å². The number of nitrogens with zero attached hydrogens (tertiary/aromatic N) is 1. The van der Waals surface area contributed by atoms with Crippen LogP contribution in [0.4, 0.5) is 5.69 Å². The van der Waals surface area contributed by atoms with Gasteiger partial charge in [0.2, 0.25) is 0 Å². The van der Waals surface area contributed by atoms with Crippen LogP contribution in [0.2, 0.25) is 0 Å². The highest BCUT2D eigenvalue weighted by Gasteiger charge is 2.26. The van der Waals surface area contributed by atoms with Crippen molar-refractivity contribution >= 4 is 39.1 Å². The molecule has 0 aliphatic heterocycles. The lowest BCUT2D eigenvalue weighted by molar-refractivity contribution is 0.0533. The van der Waals surface area contributed by atoms with Crippen LogP contribution in [0.15, 0.2) is 89.5 Å². The highest BCUT2D eigenvalue weighted by molar-refractivity contribution is 7.21. The fourth-order valence-corrected chi connectivity index (χ4v) is 4.79. The maximum absolute atomic E-state index is 12.9. The van der Waals surface area contributed by atoms with Gasteiger partial charge in [-0.3, -0.25) is 4.79 Å². The van der Waals surface area contributed by atoms with E-state index in [9.17, 15) is 9.59 Å². The van der Waals surface area contributed by atoms with Crippen LogP contribution in [0.25, 0.3) is 32.6 Å². The molecule has 1 N–H and O–H groups in total. The minimum atomic E-state index is -0.513. The quantitative estimate of drug-likeness (QED) is 0.282. The number of benzene rings is 2. The third-order valence-corrected chi connectivity index (χ3v) is 6.32. The van der Waals surface area contributed by atoms with Crippen molar-refractivity contribution < 1.29 is 18.7 Å². The van der Waals surface area contributed by atoms with Crippen molar-refractivity contribution in [1.29, 1.82) is 0 Å². The first kappa shape index (κ1) is 21.6. The summed E-state index contributed by atoms with van der Waals surface area (Å²) in [5.74, 6) is -0.828. The smallest absolute Gasteiger partial charge is 0.350 e. The standard InChI is InChI=1S/C27H20N2O4S/c1-2-32-27(31)24-23(29-25(30)21-14-9-15-33-21)22-19(17-10-5-3-6-11-17)16-20(28-26(22)34-24)18-12-7-4-8-13-18/h3-16H,2H2,1H3,(H,29,30). The summed E-state index contributed by atoms with van der Waals surface area (Å²) in [5.41, 5.74) is 3.88. The summed E-state index contributed by atoms with van der Waals surface area (Å²) in [7, 11) is 0. The molecular formula is C27H20N2O4S. The average Bonchev–Trinajstić information content (AvgIpc) is 3.54. The highest BCUT2D eigenvalue weighted by Crippen LogP contribution is 2.43. The monoisotopic (exact) mass is 468 g/mol. The third-order valence-electron chi connectivity index (χ3n) is 5.26. The number of fused-ring (bicyclic) bond motifs is 1. The van der Waals surface area contributed by atoms with E-state index < -0.39 is 11.9 Å². The molecule has 0 radical (unpaired) electrons. The van der Waals surface area contributed by atoms with Crippen LogP contribution in [0.1, 0.15) is 27.2 Å². The Morgan fingerprint density at radius 1 is 0.971 bits per heavy atom. The number of furan rings is 1. The van der Waals surface area contributed by atoms with Crippen molar-refractivity contribution in [2.45, 2.75) is 6.92 Å². The Labute approximate surface area is 199 Å². The Hall–Kier alpha value is -4.23. The molecule has 0 saturated heterocycles. The maximum Gasteiger partial charge on any atom is 0.350 e. The number of ether oxygens (including phenoxy) is 1. The van der Waals surface area contributed by atoms with E-state index in [1.807, 2.05) is 66.7 Å². The number of aromatic nitrogens is 1. The molecule has 0 atom stereocenters. The van der Waals surface area contributed by atoms with E-state index in [0.717, 1.165) is 22.4 Å². The molecule has 0 aliphatic rings.